The van der Waals surface area contributed by atoms with E-state index in [0.29, 0.717) is 0 Å². The van der Waals surface area contributed by atoms with Crippen LogP contribution in [0.15, 0.2) is 43.2 Å². The van der Waals surface area contributed by atoms with Crippen molar-refractivity contribution in [3.8, 4) is 0 Å². The van der Waals surface area contributed by atoms with Gasteiger partial charge in [0.15, 0.2) is 0 Å². The summed E-state index contributed by atoms with van der Waals surface area (Å²) >= 11 is 5.59. The Bertz CT molecular complexity index is 580. The summed E-state index contributed by atoms with van der Waals surface area (Å²) in [6.07, 6.45) is 4.61. The number of halogens is 2. The lowest BCUT2D eigenvalue weighted by atomic mass is 10.2. The average Bonchev–Trinajstić information content (AvgIpc) is 2.31. The Morgan fingerprint density at radius 3 is 2.67 bits per heavy atom. The first-order valence-electron chi connectivity index (χ1n) is 4.96. The number of aromatic nitrogens is 1. The number of hydrogen-bond donors (Lipinski definition) is 1. The zero-order valence-corrected chi connectivity index (χ0v) is 11.0. The molecule has 0 amide bonds. The molecule has 1 heterocycles. The van der Waals surface area contributed by atoms with Gasteiger partial charge in [-0.25, -0.2) is 12.8 Å². The first-order chi connectivity index (χ1) is 8.54. The molecule has 0 N–H and O–H groups in total. The zero-order chi connectivity index (χ0) is 13.5. The molecule has 2 rings (SSSR count). The number of thiol groups is 1. The quantitative estimate of drug-likeness (QED) is 0.682. The number of fused-ring (bicyclic) bond motifs is 1. The van der Waals surface area contributed by atoms with Gasteiger partial charge in [-0.05, 0) is 23.6 Å². The van der Waals surface area contributed by atoms with Gasteiger partial charge in [0.2, 0.25) is 0 Å². The van der Waals surface area contributed by atoms with E-state index in [0.717, 1.165) is 10.8 Å². The Morgan fingerprint density at radius 2 is 2.11 bits per heavy atom. The normalized spacial score (nSPS) is 9.94. The summed E-state index contributed by atoms with van der Waals surface area (Å²) in [4.78, 5) is 3.87. The van der Waals surface area contributed by atoms with Crippen molar-refractivity contribution in [2.75, 3.05) is 5.75 Å². The molecule has 0 saturated carbocycles. The average molecular weight is 288 g/mol. The topological polar surface area (TPSA) is 47.0 Å². The number of rotatable bonds is 2. The first-order valence-corrected chi connectivity index (χ1v) is 6.70. The second-order valence-corrected chi connectivity index (χ2v) is 4.73. The largest absolute Gasteiger partial charge is 0.264 e. The van der Waals surface area contributed by atoms with Crippen LogP contribution >= 0.6 is 11.6 Å². The Morgan fingerprint density at radius 1 is 1.39 bits per heavy atom. The molecule has 3 nitrogen and oxygen atoms in total. The second kappa shape index (κ2) is 7.08. The van der Waals surface area contributed by atoms with E-state index in [2.05, 4.69) is 11.6 Å². The van der Waals surface area contributed by atoms with E-state index in [1.807, 2.05) is 0 Å². The molecule has 0 aliphatic rings. The molecule has 18 heavy (non-hydrogen) atoms. The SMILES string of the molecule is C=CC[SH](=O)=O.Fc1cc2cnccc2cc1Cl. The van der Waals surface area contributed by atoms with E-state index in [1.165, 1.54) is 12.1 Å². The lowest BCUT2D eigenvalue weighted by molar-refractivity contribution is 0.617. The van der Waals surface area contributed by atoms with Gasteiger partial charge in [0.05, 0.1) is 10.8 Å². The van der Waals surface area contributed by atoms with E-state index < -0.39 is 16.5 Å². The molecule has 0 aliphatic carbocycles. The Kier molecular flexibility index (Phi) is 5.74. The third-order valence-electron chi connectivity index (χ3n) is 1.96. The molecule has 6 heteroatoms. The molecule has 2 aromatic rings. The van der Waals surface area contributed by atoms with Crippen molar-refractivity contribution in [3.05, 3.63) is 54.1 Å². The maximum absolute atomic E-state index is 12.9. The molecule has 0 spiro atoms. The predicted octanol–water partition coefficient (Wildman–Crippen LogP) is 2.81. The van der Waals surface area contributed by atoms with Crippen LogP contribution in [0.2, 0.25) is 5.02 Å². The highest BCUT2D eigenvalue weighted by Gasteiger charge is 2.00. The highest BCUT2D eigenvalue weighted by molar-refractivity contribution is 7.72. The number of nitrogens with zero attached hydrogens (tertiary/aromatic N) is 1. The van der Waals surface area contributed by atoms with Gasteiger partial charge in [-0.15, -0.1) is 6.58 Å². The van der Waals surface area contributed by atoms with Crippen LogP contribution in [-0.4, -0.2) is 19.2 Å². The fourth-order valence-corrected chi connectivity index (χ4v) is 1.57. The minimum absolute atomic E-state index is 0.0926. The first kappa shape index (κ1) is 14.6. The minimum atomic E-state index is -2.22. The van der Waals surface area contributed by atoms with Crippen molar-refractivity contribution in [2.24, 2.45) is 0 Å². The molecule has 0 radical (unpaired) electrons. The summed E-state index contributed by atoms with van der Waals surface area (Å²) in [5.41, 5.74) is 0. The van der Waals surface area contributed by atoms with Crippen molar-refractivity contribution in [2.45, 2.75) is 0 Å². The van der Waals surface area contributed by atoms with Gasteiger partial charge >= 0.3 is 0 Å². The van der Waals surface area contributed by atoms with Crippen LogP contribution in [0, 0.1) is 5.82 Å². The highest BCUT2D eigenvalue weighted by Crippen LogP contribution is 2.21. The Hall–Kier alpha value is -1.46. The van der Waals surface area contributed by atoms with Crippen LogP contribution in [0.1, 0.15) is 0 Å². The fourth-order valence-electron chi connectivity index (χ4n) is 1.19. The number of benzene rings is 1. The van der Waals surface area contributed by atoms with Gasteiger partial charge in [-0.2, -0.15) is 0 Å². The third-order valence-corrected chi connectivity index (χ3v) is 2.80. The molecule has 0 bridgehead atoms. The smallest absolute Gasteiger partial charge is 0.143 e. The van der Waals surface area contributed by atoms with Gasteiger partial charge in [0, 0.05) is 17.8 Å². The molecule has 0 fully saturated rings. The Balaban J connectivity index is 0.000000232. The maximum Gasteiger partial charge on any atom is 0.143 e. The predicted molar refractivity (Wildman–Crippen MR) is 72.1 cm³/mol. The molecule has 96 valence electrons. The van der Waals surface area contributed by atoms with E-state index >= 15 is 0 Å². The van der Waals surface area contributed by atoms with Crippen molar-refractivity contribution < 1.29 is 12.8 Å². The van der Waals surface area contributed by atoms with Gasteiger partial charge in [-0.3, -0.25) is 4.98 Å². The summed E-state index contributed by atoms with van der Waals surface area (Å²) in [5.74, 6) is -0.313. The van der Waals surface area contributed by atoms with Crippen molar-refractivity contribution >= 4 is 33.1 Å². The van der Waals surface area contributed by atoms with E-state index in [1.54, 1.807) is 24.5 Å². The number of pyridine rings is 1. The van der Waals surface area contributed by atoms with E-state index in [9.17, 15) is 12.8 Å². The molecule has 0 unspecified atom stereocenters. The fraction of sp³-hybridized carbons (Fsp3) is 0.0833. The minimum Gasteiger partial charge on any atom is -0.264 e. The summed E-state index contributed by atoms with van der Waals surface area (Å²) in [6.45, 7) is 3.22. The van der Waals surface area contributed by atoms with Crippen molar-refractivity contribution in [3.63, 3.8) is 0 Å². The zero-order valence-electron chi connectivity index (χ0n) is 9.35. The van der Waals surface area contributed by atoms with E-state index in [4.69, 9.17) is 11.6 Å². The van der Waals surface area contributed by atoms with Crippen LogP contribution < -0.4 is 0 Å². The standard InChI is InChI=1S/C9H5ClFN.C3H6O2S/c10-8-3-6-1-2-12-5-7(6)4-9(8)11;1-2-3-6(4)5/h1-5H;2,6H,1,3H2. The van der Waals surface area contributed by atoms with Crippen LogP contribution in [0.3, 0.4) is 0 Å². The van der Waals surface area contributed by atoms with Gasteiger partial charge in [0.25, 0.3) is 0 Å². The molecule has 0 aliphatic heterocycles. The monoisotopic (exact) mass is 287 g/mol. The molecule has 0 saturated heterocycles. The lowest BCUT2D eigenvalue weighted by Gasteiger charge is -1.97. The molecular formula is C12H11ClFNO2S. The van der Waals surface area contributed by atoms with Crippen molar-refractivity contribution in [1.29, 1.82) is 0 Å². The van der Waals surface area contributed by atoms with Crippen LogP contribution in [0.4, 0.5) is 4.39 Å². The van der Waals surface area contributed by atoms with Gasteiger partial charge < -0.3 is 0 Å². The summed E-state index contributed by atoms with van der Waals surface area (Å²) in [5, 5.41) is 1.81. The summed E-state index contributed by atoms with van der Waals surface area (Å²) in [7, 11) is -2.22. The Labute approximate surface area is 111 Å². The maximum atomic E-state index is 12.9. The lowest BCUT2D eigenvalue weighted by Crippen LogP contribution is -1.79. The molecular weight excluding hydrogens is 277 g/mol. The van der Waals surface area contributed by atoms with E-state index in [-0.39, 0.29) is 10.8 Å². The van der Waals surface area contributed by atoms with Crippen LogP contribution in [0.25, 0.3) is 10.8 Å². The summed E-state index contributed by atoms with van der Waals surface area (Å²) in [6, 6.07) is 4.76. The highest BCUT2D eigenvalue weighted by atomic mass is 35.5. The van der Waals surface area contributed by atoms with Crippen molar-refractivity contribution in [1.82, 2.24) is 4.98 Å². The molecule has 1 aromatic heterocycles. The number of hydrogen-bond acceptors (Lipinski definition) is 3. The summed E-state index contributed by atoms with van der Waals surface area (Å²) < 4.78 is 32.0. The van der Waals surface area contributed by atoms with Crippen LogP contribution in [-0.2, 0) is 10.7 Å². The molecule has 1 aromatic carbocycles. The second-order valence-electron chi connectivity index (χ2n) is 3.29. The van der Waals surface area contributed by atoms with Gasteiger partial charge in [0.1, 0.15) is 16.5 Å². The van der Waals surface area contributed by atoms with Gasteiger partial charge in [-0.1, -0.05) is 17.7 Å². The van der Waals surface area contributed by atoms with Crippen LogP contribution in [0.5, 0.6) is 0 Å². The third kappa shape index (κ3) is 4.43. The molecule has 0 atom stereocenters.